The van der Waals surface area contributed by atoms with Crippen molar-refractivity contribution in [3.05, 3.63) is 40.6 Å². The van der Waals surface area contributed by atoms with Crippen molar-refractivity contribution >= 4 is 40.6 Å². The van der Waals surface area contributed by atoms with Crippen molar-refractivity contribution in [2.75, 3.05) is 36.5 Å². The number of rotatable bonds is 3. The molecule has 1 aliphatic heterocycles. The van der Waals surface area contributed by atoms with E-state index in [9.17, 15) is 4.79 Å². The van der Waals surface area contributed by atoms with Crippen LogP contribution in [0.15, 0.2) is 30.6 Å². The largest absolute Gasteiger partial charge is 0.481 e. The zero-order valence-electron chi connectivity index (χ0n) is 12.4. The van der Waals surface area contributed by atoms with Gasteiger partial charge in [-0.2, -0.15) is 0 Å². The molecule has 2 aromatic rings. The fourth-order valence-electron chi connectivity index (χ4n) is 2.45. The average molecular weight is 353 g/mol. The fourth-order valence-corrected chi connectivity index (χ4v) is 2.95. The molecule has 0 spiro atoms. The Morgan fingerprint density at radius 1 is 1.22 bits per heavy atom. The molecule has 3 heterocycles. The predicted molar refractivity (Wildman–Crippen MR) is 89.6 cm³/mol. The summed E-state index contributed by atoms with van der Waals surface area (Å²) in [7, 11) is 1.54. The number of aromatic nitrogens is 2. The lowest BCUT2D eigenvalue weighted by Gasteiger charge is -2.35. The normalized spacial score (nSPS) is 15.0. The van der Waals surface area contributed by atoms with Gasteiger partial charge in [-0.1, -0.05) is 23.2 Å². The van der Waals surface area contributed by atoms with Gasteiger partial charge in [0.15, 0.2) is 0 Å². The fraction of sp³-hybridized carbons (Fsp3) is 0.267. The summed E-state index contributed by atoms with van der Waals surface area (Å²) in [5.74, 6) is 0.994. The number of anilines is 2. The van der Waals surface area contributed by atoms with Gasteiger partial charge in [0.2, 0.25) is 11.8 Å². The summed E-state index contributed by atoms with van der Waals surface area (Å²) in [6.45, 7) is 1.33. The van der Waals surface area contributed by atoms with Crippen LogP contribution in [0.4, 0.5) is 11.5 Å². The van der Waals surface area contributed by atoms with Crippen molar-refractivity contribution in [1.29, 1.82) is 0 Å². The number of pyridine rings is 2. The van der Waals surface area contributed by atoms with Gasteiger partial charge in [0.05, 0.1) is 29.4 Å². The third kappa shape index (κ3) is 3.33. The summed E-state index contributed by atoms with van der Waals surface area (Å²) >= 11 is 12.0. The smallest absolute Gasteiger partial charge is 0.246 e. The molecule has 6 nitrogen and oxygen atoms in total. The van der Waals surface area contributed by atoms with Gasteiger partial charge in [-0.25, -0.2) is 9.97 Å². The lowest BCUT2D eigenvalue weighted by Crippen LogP contribution is -2.51. The molecule has 8 heteroatoms. The molecule has 1 saturated heterocycles. The minimum absolute atomic E-state index is 0.0441. The zero-order chi connectivity index (χ0) is 16.4. The van der Waals surface area contributed by atoms with E-state index >= 15 is 0 Å². The van der Waals surface area contributed by atoms with Crippen molar-refractivity contribution in [3.63, 3.8) is 0 Å². The van der Waals surface area contributed by atoms with E-state index in [4.69, 9.17) is 27.9 Å². The van der Waals surface area contributed by atoms with E-state index in [2.05, 4.69) is 9.97 Å². The number of ether oxygens (including phenoxy) is 1. The second kappa shape index (κ2) is 6.60. The lowest BCUT2D eigenvalue weighted by atomic mass is 10.2. The van der Waals surface area contributed by atoms with E-state index in [-0.39, 0.29) is 12.5 Å². The van der Waals surface area contributed by atoms with Gasteiger partial charge in [0, 0.05) is 31.5 Å². The molecule has 0 unspecified atom stereocenters. The summed E-state index contributed by atoms with van der Waals surface area (Å²) < 4.78 is 5.10. The second-order valence-electron chi connectivity index (χ2n) is 4.98. The number of amides is 1. The van der Waals surface area contributed by atoms with Gasteiger partial charge >= 0.3 is 0 Å². The Morgan fingerprint density at radius 3 is 2.74 bits per heavy atom. The summed E-state index contributed by atoms with van der Waals surface area (Å²) in [4.78, 5) is 24.3. The molecule has 120 valence electrons. The second-order valence-corrected chi connectivity index (χ2v) is 5.83. The molecular weight excluding hydrogens is 339 g/mol. The molecule has 0 radical (unpaired) electrons. The van der Waals surface area contributed by atoms with E-state index in [1.165, 1.54) is 6.20 Å². The van der Waals surface area contributed by atoms with E-state index in [1.54, 1.807) is 36.4 Å². The van der Waals surface area contributed by atoms with Gasteiger partial charge in [0.25, 0.3) is 0 Å². The molecule has 3 rings (SSSR count). The van der Waals surface area contributed by atoms with Crippen molar-refractivity contribution in [2.24, 2.45) is 0 Å². The Morgan fingerprint density at radius 2 is 2.04 bits per heavy atom. The van der Waals surface area contributed by atoms with Gasteiger partial charge < -0.3 is 14.5 Å². The van der Waals surface area contributed by atoms with Crippen molar-refractivity contribution in [2.45, 2.75) is 0 Å². The number of halogens is 2. The van der Waals surface area contributed by atoms with E-state index in [0.29, 0.717) is 34.8 Å². The third-order valence-corrected chi connectivity index (χ3v) is 4.03. The first-order valence-electron chi connectivity index (χ1n) is 6.95. The first kappa shape index (κ1) is 15.8. The topological polar surface area (TPSA) is 58.6 Å². The van der Waals surface area contributed by atoms with E-state index in [0.717, 1.165) is 5.69 Å². The van der Waals surface area contributed by atoms with Gasteiger partial charge in [-0.05, 0) is 12.1 Å². The number of carbonyl (C=O) groups excluding carboxylic acids is 1. The highest BCUT2D eigenvalue weighted by molar-refractivity contribution is 6.36. The molecule has 23 heavy (non-hydrogen) atoms. The Hall–Kier alpha value is -2.05. The molecule has 0 N–H and O–H groups in total. The number of nitrogens with zero attached hydrogens (tertiary/aromatic N) is 4. The van der Waals surface area contributed by atoms with Crippen LogP contribution >= 0.6 is 23.2 Å². The Balaban J connectivity index is 1.78. The molecule has 1 aliphatic rings. The quantitative estimate of drug-likeness (QED) is 0.849. The maximum absolute atomic E-state index is 12.5. The summed E-state index contributed by atoms with van der Waals surface area (Å²) in [5, 5.41) is 0.900. The minimum Gasteiger partial charge on any atom is -0.481 e. The number of carbonyl (C=O) groups is 1. The van der Waals surface area contributed by atoms with Crippen LogP contribution < -0.4 is 14.5 Å². The third-order valence-electron chi connectivity index (χ3n) is 3.55. The first-order chi connectivity index (χ1) is 11.1. The highest BCUT2D eigenvalue weighted by Gasteiger charge is 2.27. The van der Waals surface area contributed by atoms with Crippen LogP contribution in [0.5, 0.6) is 5.88 Å². The van der Waals surface area contributed by atoms with Crippen LogP contribution in [-0.2, 0) is 4.79 Å². The zero-order valence-corrected chi connectivity index (χ0v) is 13.9. The lowest BCUT2D eigenvalue weighted by molar-refractivity contribution is -0.117. The molecule has 2 aromatic heterocycles. The standard InChI is InChI=1S/C15H14Cl2N4O2/c1-23-13-7-11(2-3-18-13)21-5-4-20(9-14(21)22)15-12(17)6-10(16)8-19-15/h2-3,6-8H,4-5,9H2,1H3. The van der Waals surface area contributed by atoms with Gasteiger partial charge in [-0.15, -0.1) is 0 Å². The number of methoxy groups -OCH3 is 1. The van der Waals surface area contributed by atoms with Crippen molar-refractivity contribution < 1.29 is 9.53 Å². The first-order valence-corrected chi connectivity index (χ1v) is 7.70. The average Bonchev–Trinajstić information content (AvgIpc) is 2.55. The van der Waals surface area contributed by atoms with Crippen LogP contribution in [0.2, 0.25) is 10.0 Å². The minimum atomic E-state index is -0.0441. The van der Waals surface area contributed by atoms with Crippen LogP contribution in [0.25, 0.3) is 0 Å². The summed E-state index contributed by atoms with van der Waals surface area (Å²) in [5.41, 5.74) is 0.761. The molecular formula is C15H14Cl2N4O2. The predicted octanol–water partition coefficient (Wildman–Crippen LogP) is 2.65. The van der Waals surface area contributed by atoms with Gasteiger partial charge in [-0.3, -0.25) is 4.79 Å². The number of hydrogen-bond donors (Lipinski definition) is 0. The molecule has 0 atom stereocenters. The molecule has 1 fully saturated rings. The Labute approximate surface area is 143 Å². The SMILES string of the molecule is COc1cc(N2CCN(c3ncc(Cl)cc3Cl)CC2=O)ccn1. The van der Waals surface area contributed by atoms with Crippen LogP contribution in [-0.4, -0.2) is 42.6 Å². The molecule has 0 aromatic carbocycles. The summed E-state index contributed by atoms with van der Waals surface area (Å²) in [6, 6.07) is 5.14. The summed E-state index contributed by atoms with van der Waals surface area (Å²) in [6.07, 6.45) is 3.14. The van der Waals surface area contributed by atoms with E-state index in [1.807, 2.05) is 4.90 Å². The van der Waals surface area contributed by atoms with Crippen LogP contribution in [0.3, 0.4) is 0 Å². The molecule has 1 amide bonds. The molecule has 0 bridgehead atoms. The molecule has 0 aliphatic carbocycles. The number of piperazine rings is 1. The Bertz CT molecular complexity index is 741. The monoisotopic (exact) mass is 352 g/mol. The maximum atomic E-state index is 12.5. The highest BCUT2D eigenvalue weighted by Crippen LogP contribution is 2.28. The maximum Gasteiger partial charge on any atom is 0.246 e. The Kier molecular flexibility index (Phi) is 4.54. The van der Waals surface area contributed by atoms with Crippen LogP contribution in [0, 0.1) is 0 Å². The highest BCUT2D eigenvalue weighted by atomic mass is 35.5. The molecule has 0 saturated carbocycles. The van der Waals surface area contributed by atoms with Crippen molar-refractivity contribution in [3.8, 4) is 5.88 Å². The number of hydrogen-bond acceptors (Lipinski definition) is 5. The van der Waals surface area contributed by atoms with Crippen LogP contribution in [0.1, 0.15) is 0 Å². The van der Waals surface area contributed by atoms with Gasteiger partial charge in [0.1, 0.15) is 5.82 Å². The van der Waals surface area contributed by atoms with Crippen molar-refractivity contribution in [1.82, 2.24) is 9.97 Å². The van der Waals surface area contributed by atoms with E-state index < -0.39 is 0 Å².